The van der Waals surface area contributed by atoms with Gasteiger partial charge in [0.15, 0.2) is 0 Å². The molecule has 152 valence electrons. The van der Waals surface area contributed by atoms with E-state index in [4.69, 9.17) is 4.74 Å². The zero-order valence-corrected chi connectivity index (χ0v) is 17.3. The fraction of sp³-hybridized carbons (Fsp3) is 0.667. The van der Waals surface area contributed by atoms with Gasteiger partial charge in [-0.05, 0) is 64.4 Å². The monoisotopic (exact) mass is 385 g/mol. The molecular weight excluding hydrogens is 354 g/mol. The van der Waals surface area contributed by atoms with E-state index in [1.165, 1.54) is 0 Å². The van der Waals surface area contributed by atoms with E-state index in [1.54, 1.807) is 6.33 Å². The average molecular weight is 386 g/mol. The number of piperidine rings is 1. The minimum Gasteiger partial charge on any atom is -0.444 e. The number of amides is 1. The van der Waals surface area contributed by atoms with Crippen LogP contribution in [0.1, 0.15) is 46.5 Å². The Morgan fingerprint density at radius 2 is 2.07 bits per heavy atom. The maximum atomic E-state index is 12.4. The summed E-state index contributed by atoms with van der Waals surface area (Å²) in [6.45, 7) is 7.39. The second-order valence-electron chi connectivity index (χ2n) is 9.25. The minimum absolute atomic E-state index is 0.166. The van der Waals surface area contributed by atoms with Crippen LogP contribution in [0, 0.1) is 11.8 Å². The van der Waals surface area contributed by atoms with Gasteiger partial charge in [0, 0.05) is 32.4 Å². The van der Waals surface area contributed by atoms with Gasteiger partial charge in [0.2, 0.25) is 0 Å². The average Bonchev–Trinajstić information content (AvgIpc) is 3.14. The Hall–Kier alpha value is -2.31. The van der Waals surface area contributed by atoms with E-state index < -0.39 is 5.60 Å². The van der Waals surface area contributed by atoms with E-state index >= 15 is 0 Å². The van der Waals surface area contributed by atoms with Crippen molar-refractivity contribution in [3.63, 3.8) is 0 Å². The molecule has 7 nitrogen and oxygen atoms in total. The molecule has 0 radical (unpaired) electrons. The highest BCUT2D eigenvalue weighted by atomic mass is 16.6. The van der Waals surface area contributed by atoms with Crippen LogP contribution in [0.25, 0.3) is 11.0 Å². The van der Waals surface area contributed by atoms with E-state index in [1.807, 2.05) is 37.9 Å². The molecule has 1 N–H and O–H groups in total. The molecule has 0 spiro atoms. The molecule has 3 atom stereocenters. The topological polar surface area (TPSA) is 74.4 Å². The Kier molecular flexibility index (Phi) is 4.93. The molecule has 1 aliphatic carbocycles. The standard InChI is InChI=1S/C21H31N5O2/c1-21(2,3)28-20(27)26-10-8-14-11-16(6-5-15(14)12-26)25(4)19-17-7-9-22-18(17)23-13-24-19/h7,9,13-16H,5-6,8,10-12H2,1-4H3,(H,22,23,24)/t14-,15-,16?/m0/s1. The third-order valence-corrected chi connectivity index (χ3v) is 6.20. The summed E-state index contributed by atoms with van der Waals surface area (Å²) in [5.74, 6) is 2.23. The van der Waals surface area contributed by atoms with E-state index in [2.05, 4.69) is 26.9 Å². The summed E-state index contributed by atoms with van der Waals surface area (Å²) in [6.07, 6.45) is 7.85. The first-order valence-electron chi connectivity index (χ1n) is 10.3. The fourth-order valence-corrected chi connectivity index (χ4v) is 4.75. The van der Waals surface area contributed by atoms with Crippen LogP contribution < -0.4 is 4.90 Å². The molecule has 2 aromatic heterocycles. The predicted octanol–water partition coefficient (Wildman–Crippen LogP) is 3.82. The maximum absolute atomic E-state index is 12.4. The molecule has 2 aliphatic rings. The van der Waals surface area contributed by atoms with Crippen LogP contribution in [0.2, 0.25) is 0 Å². The van der Waals surface area contributed by atoms with Gasteiger partial charge in [-0.3, -0.25) is 0 Å². The lowest BCUT2D eigenvalue weighted by Crippen LogP contribution is -2.49. The summed E-state index contributed by atoms with van der Waals surface area (Å²) in [5, 5.41) is 1.08. The van der Waals surface area contributed by atoms with Crippen molar-refractivity contribution in [2.75, 3.05) is 25.0 Å². The lowest BCUT2D eigenvalue weighted by molar-refractivity contribution is 0.00450. The molecule has 1 saturated carbocycles. The van der Waals surface area contributed by atoms with Crippen molar-refractivity contribution in [3.8, 4) is 0 Å². The number of ether oxygens (including phenoxy) is 1. The second-order valence-corrected chi connectivity index (χ2v) is 9.25. The molecule has 3 heterocycles. The number of hydrogen-bond donors (Lipinski definition) is 1. The first-order valence-corrected chi connectivity index (χ1v) is 10.3. The largest absolute Gasteiger partial charge is 0.444 e. The first kappa shape index (κ1) is 19.0. The lowest BCUT2D eigenvalue weighted by Gasteiger charge is -2.45. The van der Waals surface area contributed by atoms with Gasteiger partial charge < -0.3 is 19.5 Å². The Morgan fingerprint density at radius 3 is 2.86 bits per heavy atom. The second kappa shape index (κ2) is 7.26. The summed E-state index contributed by atoms with van der Waals surface area (Å²) in [7, 11) is 2.15. The van der Waals surface area contributed by atoms with Crippen LogP contribution >= 0.6 is 0 Å². The zero-order valence-electron chi connectivity index (χ0n) is 17.3. The number of anilines is 1. The minimum atomic E-state index is -0.435. The fourth-order valence-electron chi connectivity index (χ4n) is 4.75. The Balaban J connectivity index is 1.40. The molecule has 0 bridgehead atoms. The molecular formula is C21H31N5O2. The molecule has 1 saturated heterocycles. The third kappa shape index (κ3) is 3.80. The molecule has 2 aromatic rings. The van der Waals surface area contributed by atoms with Crippen LogP contribution in [0.5, 0.6) is 0 Å². The van der Waals surface area contributed by atoms with Gasteiger partial charge >= 0.3 is 6.09 Å². The van der Waals surface area contributed by atoms with Crippen molar-refractivity contribution in [2.45, 2.75) is 58.1 Å². The van der Waals surface area contributed by atoms with Gasteiger partial charge in [0.05, 0.1) is 5.39 Å². The van der Waals surface area contributed by atoms with Crippen molar-refractivity contribution in [1.82, 2.24) is 19.9 Å². The molecule has 1 aliphatic heterocycles. The number of nitrogens with zero attached hydrogens (tertiary/aromatic N) is 4. The molecule has 1 amide bonds. The highest BCUT2D eigenvalue weighted by Gasteiger charge is 2.38. The van der Waals surface area contributed by atoms with Gasteiger partial charge in [-0.25, -0.2) is 14.8 Å². The van der Waals surface area contributed by atoms with E-state index in [9.17, 15) is 4.79 Å². The van der Waals surface area contributed by atoms with Crippen LogP contribution in [-0.2, 0) is 4.74 Å². The Morgan fingerprint density at radius 1 is 1.25 bits per heavy atom. The van der Waals surface area contributed by atoms with Crippen LogP contribution in [-0.4, -0.2) is 57.7 Å². The van der Waals surface area contributed by atoms with Gasteiger partial charge in [-0.1, -0.05) is 0 Å². The lowest BCUT2D eigenvalue weighted by atomic mass is 9.73. The Bertz CT molecular complexity index is 843. The van der Waals surface area contributed by atoms with Crippen LogP contribution in [0.15, 0.2) is 18.6 Å². The Labute approximate surface area is 166 Å². The van der Waals surface area contributed by atoms with Crippen molar-refractivity contribution in [2.24, 2.45) is 11.8 Å². The smallest absolute Gasteiger partial charge is 0.410 e. The number of likely N-dealkylation sites (tertiary alicyclic amines) is 1. The molecule has 28 heavy (non-hydrogen) atoms. The number of nitrogens with one attached hydrogen (secondary N) is 1. The highest BCUT2D eigenvalue weighted by Crippen LogP contribution is 2.39. The van der Waals surface area contributed by atoms with Crippen molar-refractivity contribution < 1.29 is 9.53 Å². The SMILES string of the molecule is CN(c1ncnc2[nH]ccc12)C1CC[C@H]2CN(C(=O)OC(C)(C)C)CC[C@H]2C1. The molecule has 2 fully saturated rings. The summed E-state index contributed by atoms with van der Waals surface area (Å²) in [6, 6.07) is 2.52. The van der Waals surface area contributed by atoms with Crippen LogP contribution in [0.4, 0.5) is 10.6 Å². The predicted molar refractivity (Wildman–Crippen MR) is 109 cm³/mol. The third-order valence-electron chi connectivity index (χ3n) is 6.20. The quantitative estimate of drug-likeness (QED) is 0.851. The van der Waals surface area contributed by atoms with Gasteiger partial charge in [-0.15, -0.1) is 0 Å². The van der Waals surface area contributed by atoms with Gasteiger partial charge in [0.1, 0.15) is 23.4 Å². The van der Waals surface area contributed by atoms with E-state index in [-0.39, 0.29) is 6.09 Å². The van der Waals surface area contributed by atoms with Gasteiger partial charge in [-0.2, -0.15) is 0 Å². The summed E-state index contributed by atoms with van der Waals surface area (Å²) in [5.41, 5.74) is 0.450. The summed E-state index contributed by atoms with van der Waals surface area (Å²) in [4.78, 5) is 28.7. The summed E-state index contributed by atoms with van der Waals surface area (Å²) >= 11 is 0. The number of hydrogen-bond acceptors (Lipinski definition) is 5. The normalized spacial score (nSPS) is 25.4. The first-order chi connectivity index (χ1) is 13.3. The van der Waals surface area contributed by atoms with E-state index in [0.717, 1.165) is 55.6 Å². The highest BCUT2D eigenvalue weighted by molar-refractivity contribution is 5.87. The number of fused-ring (bicyclic) bond motifs is 2. The maximum Gasteiger partial charge on any atom is 0.410 e. The van der Waals surface area contributed by atoms with Crippen molar-refractivity contribution in [3.05, 3.63) is 18.6 Å². The molecule has 4 rings (SSSR count). The summed E-state index contributed by atoms with van der Waals surface area (Å²) < 4.78 is 5.57. The van der Waals surface area contributed by atoms with Crippen molar-refractivity contribution >= 4 is 22.9 Å². The van der Waals surface area contributed by atoms with Crippen molar-refractivity contribution in [1.29, 1.82) is 0 Å². The zero-order chi connectivity index (χ0) is 19.9. The van der Waals surface area contributed by atoms with E-state index in [0.29, 0.717) is 17.9 Å². The molecule has 1 unspecified atom stereocenters. The number of carbonyl (C=O) groups excluding carboxylic acids is 1. The number of aromatic amines is 1. The molecule has 0 aromatic carbocycles. The number of H-pyrrole nitrogens is 1. The number of aromatic nitrogens is 3. The number of rotatable bonds is 2. The van der Waals surface area contributed by atoms with Crippen LogP contribution in [0.3, 0.4) is 0 Å². The number of carbonyl (C=O) groups is 1. The molecule has 7 heteroatoms. The van der Waals surface area contributed by atoms with Gasteiger partial charge in [0.25, 0.3) is 0 Å².